The number of carbonyl (C=O) groups excluding carboxylic acids is 2. The molecular weight excluding hydrogens is 278 g/mol. The average molecular weight is 293 g/mol. The molecule has 1 N–H and O–H groups in total. The molecule has 0 unspecified atom stereocenters. The van der Waals surface area contributed by atoms with Crippen LogP contribution in [0.25, 0.3) is 10.8 Å². The highest BCUT2D eigenvalue weighted by atomic mass is 16.5. The van der Waals surface area contributed by atoms with Crippen molar-refractivity contribution in [1.82, 2.24) is 4.98 Å². The van der Waals surface area contributed by atoms with E-state index in [-0.39, 0.29) is 18.8 Å². The standard InChI is InChI=1S/C18H15NO3/c20-17(16-9-4-10-19-16)12-22-18(21)11-14-7-3-6-13-5-1-2-8-15(13)14/h1-10,19H,11-12H2. The first-order chi connectivity index (χ1) is 10.7. The van der Waals surface area contributed by atoms with E-state index in [4.69, 9.17) is 4.74 Å². The molecule has 0 atom stereocenters. The molecule has 0 fully saturated rings. The Morgan fingerprint density at radius 2 is 1.77 bits per heavy atom. The van der Waals surface area contributed by atoms with Crippen molar-refractivity contribution < 1.29 is 14.3 Å². The second-order valence-electron chi connectivity index (χ2n) is 4.98. The molecular formula is C18H15NO3. The maximum atomic E-state index is 11.9. The summed E-state index contributed by atoms with van der Waals surface area (Å²) < 4.78 is 5.07. The van der Waals surface area contributed by atoms with Crippen molar-refractivity contribution in [3.05, 3.63) is 72.1 Å². The monoisotopic (exact) mass is 293 g/mol. The summed E-state index contributed by atoms with van der Waals surface area (Å²) in [6, 6.07) is 17.1. The maximum absolute atomic E-state index is 11.9. The third-order valence-corrected chi connectivity index (χ3v) is 3.48. The van der Waals surface area contributed by atoms with Crippen molar-refractivity contribution in [2.24, 2.45) is 0 Å². The molecule has 4 nitrogen and oxygen atoms in total. The first kappa shape index (κ1) is 14.1. The van der Waals surface area contributed by atoms with Crippen LogP contribution in [0.5, 0.6) is 0 Å². The van der Waals surface area contributed by atoms with Crippen LogP contribution in [-0.4, -0.2) is 23.3 Å². The molecule has 0 aliphatic carbocycles. The zero-order valence-electron chi connectivity index (χ0n) is 11.9. The average Bonchev–Trinajstić information content (AvgIpc) is 3.07. The van der Waals surface area contributed by atoms with E-state index in [2.05, 4.69) is 4.98 Å². The van der Waals surface area contributed by atoms with Crippen molar-refractivity contribution in [2.45, 2.75) is 6.42 Å². The molecule has 1 heterocycles. The van der Waals surface area contributed by atoms with Crippen LogP contribution in [0.3, 0.4) is 0 Å². The molecule has 110 valence electrons. The van der Waals surface area contributed by atoms with Crippen molar-refractivity contribution >= 4 is 22.5 Å². The van der Waals surface area contributed by atoms with Crippen LogP contribution in [0, 0.1) is 0 Å². The fourth-order valence-corrected chi connectivity index (χ4v) is 2.38. The number of fused-ring (bicyclic) bond motifs is 1. The quantitative estimate of drug-likeness (QED) is 0.581. The van der Waals surface area contributed by atoms with E-state index in [1.54, 1.807) is 18.3 Å². The molecule has 0 spiro atoms. The topological polar surface area (TPSA) is 59.2 Å². The summed E-state index contributed by atoms with van der Waals surface area (Å²) in [4.78, 5) is 26.5. The summed E-state index contributed by atoms with van der Waals surface area (Å²) in [5.74, 6) is -0.646. The highest BCUT2D eigenvalue weighted by Crippen LogP contribution is 2.19. The summed E-state index contributed by atoms with van der Waals surface area (Å²) in [6.45, 7) is -0.246. The Morgan fingerprint density at radius 3 is 2.59 bits per heavy atom. The molecule has 2 aromatic carbocycles. The predicted octanol–water partition coefficient (Wildman–Crippen LogP) is 3.14. The molecule has 0 saturated heterocycles. The molecule has 22 heavy (non-hydrogen) atoms. The lowest BCUT2D eigenvalue weighted by molar-refractivity contribution is -0.141. The number of hydrogen-bond donors (Lipinski definition) is 1. The van der Waals surface area contributed by atoms with Gasteiger partial charge in [0.1, 0.15) is 0 Å². The van der Waals surface area contributed by atoms with Gasteiger partial charge in [0.2, 0.25) is 5.78 Å². The van der Waals surface area contributed by atoms with E-state index < -0.39 is 5.97 Å². The molecule has 0 radical (unpaired) electrons. The highest BCUT2D eigenvalue weighted by Gasteiger charge is 2.12. The molecule has 0 saturated carbocycles. The van der Waals surface area contributed by atoms with Gasteiger partial charge < -0.3 is 9.72 Å². The number of nitrogens with one attached hydrogen (secondary N) is 1. The lowest BCUT2D eigenvalue weighted by Crippen LogP contribution is -2.16. The third kappa shape index (κ3) is 3.06. The van der Waals surface area contributed by atoms with Gasteiger partial charge in [-0.15, -0.1) is 0 Å². The number of carbonyl (C=O) groups is 2. The molecule has 1 aromatic heterocycles. The van der Waals surface area contributed by atoms with Gasteiger partial charge in [0.15, 0.2) is 6.61 Å². The second kappa shape index (κ2) is 6.26. The third-order valence-electron chi connectivity index (χ3n) is 3.48. The van der Waals surface area contributed by atoms with Crippen LogP contribution in [-0.2, 0) is 16.0 Å². The summed E-state index contributed by atoms with van der Waals surface area (Å²) in [6.07, 6.45) is 1.81. The van der Waals surface area contributed by atoms with Crippen LogP contribution in [0.2, 0.25) is 0 Å². The molecule has 3 aromatic rings. The Bertz CT molecular complexity index is 801. The van der Waals surface area contributed by atoms with Crippen LogP contribution in [0.4, 0.5) is 0 Å². The number of aromatic nitrogens is 1. The van der Waals surface area contributed by atoms with Crippen molar-refractivity contribution in [1.29, 1.82) is 0 Å². The fraction of sp³-hybridized carbons (Fsp3) is 0.111. The first-order valence-electron chi connectivity index (χ1n) is 7.03. The Kier molecular flexibility index (Phi) is 4.01. The van der Waals surface area contributed by atoms with Crippen molar-refractivity contribution in [2.75, 3.05) is 6.61 Å². The molecule has 0 aliphatic rings. The molecule has 4 heteroatoms. The van der Waals surface area contributed by atoms with E-state index in [1.807, 2.05) is 42.5 Å². The number of rotatable bonds is 5. The van der Waals surface area contributed by atoms with Crippen molar-refractivity contribution in [3.63, 3.8) is 0 Å². The van der Waals surface area contributed by atoms with Crippen LogP contribution in [0.15, 0.2) is 60.8 Å². The Morgan fingerprint density at radius 1 is 0.955 bits per heavy atom. The largest absolute Gasteiger partial charge is 0.457 e. The van der Waals surface area contributed by atoms with E-state index in [0.29, 0.717) is 5.69 Å². The Labute approximate surface area is 127 Å². The fourth-order valence-electron chi connectivity index (χ4n) is 2.38. The van der Waals surface area contributed by atoms with Gasteiger partial charge in [-0.25, -0.2) is 0 Å². The van der Waals surface area contributed by atoms with Gasteiger partial charge in [-0.05, 0) is 28.5 Å². The number of aromatic amines is 1. The smallest absolute Gasteiger partial charge is 0.310 e. The minimum absolute atomic E-state index is 0.152. The number of hydrogen-bond acceptors (Lipinski definition) is 3. The summed E-state index contributed by atoms with van der Waals surface area (Å²) in [7, 11) is 0. The van der Waals surface area contributed by atoms with Gasteiger partial charge in [0, 0.05) is 6.20 Å². The number of esters is 1. The van der Waals surface area contributed by atoms with Crippen LogP contribution in [0.1, 0.15) is 16.1 Å². The zero-order valence-corrected chi connectivity index (χ0v) is 11.9. The number of ketones is 1. The van der Waals surface area contributed by atoms with Gasteiger partial charge in [-0.3, -0.25) is 9.59 Å². The summed E-state index contributed by atoms with van der Waals surface area (Å²) in [5, 5.41) is 2.10. The predicted molar refractivity (Wildman–Crippen MR) is 83.7 cm³/mol. The van der Waals surface area contributed by atoms with Gasteiger partial charge in [0.05, 0.1) is 12.1 Å². The van der Waals surface area contributed by atoms with Gasteiger partial charge in [0.25, 0.3) is 0 Å². The molecule has 0 bridgehead atoms. The Balaban J connectivity index is 1.65. The number of Topliss-reactive ketones (excluding diaryl/α,β-unsaturated/α-hetero) is 1. The number of ether oxygens (including phenoxy) is 1. The molecule has 0 amide bonds. The molecule has 0 aliphatic heterocycles. The second-order valence-corrected chi connectivity index (χ2v) is 4.98. The first-order valence-corrected chi connectivity index (χ1v) is 7.03. The van der Waals surface area contributed by atoms with Crippen LogP contribution >= 0.6 is 0 Å². The Hall–Kier alpha value is -2.88. The minimum Gasteiger partial charge on any atom is -0.457 e. The minimum atomic E-state index is -0.406. The lowest BCUT2D eigenvalue weighted by atomic mass is 10.0. The highest BCUT2D eigenvalue weighted by molar-refractivity contribution is 5.96. The van der Waals surface area contributed by atoms with Crippen LogP contribution < -0.4 is 0 Å². The number of benzene rings is 2. The normalized spacial score (nSPS) is 10.5. The van der Waals surface area contributed by atoms with Gasteiger partial charge >= 0.3 is 5.97 Å². The molecule has 3 rings (SSSR count). The number of H-pyrrole nitrogens is 1. The van der Waals surface area contributed by atoms with E-state index in [1.165, 1.54) is 0 Å². The lowest BCUT2D eigenvalue weighted by Gasteiger charge is -2.07. The summed E-state index contributed by atoms with van der Waals surface area (Å²) in [5.41, 5.74) is 1.34. The zero-order chi connectivity index (χ0) is 15.4. The maximum Gasteiger partial charge on any atom is 0.310 e. The van der Waals surface area contributed by atoms with Gasteiger partial charge in [-0.1, -0.05) is 42.5 Å². The SMILES string of the molecule is O=C(Cc1cccc2ccccc12)OCC(=O)c1ccc[nH]1. The van der Waals surface area contributed by atoms with E-state index in [0.717, 1.165) is 16.3 Å². The van der Waals surface area contributed by atoms with Crippen molar-refractivity contribution in [3.8, 4) is 0 Å². The van der Waals surface area contributed by atoms with E-state index in [9.17, 15) is 9.59 Å². The van der Waals surface area contributed by atoms with E-state index >= 15 is 0 Å². The van der Waals surface area contributed by atoms with Gasteiger partial charge in [-0.2, -0.15) is 0 Å². The summed E-state index contributed by atoms with van der Waals surface area (Å²) >= 11 is 0.